The van der Waals surface area contributed by atoms with Crippen LogP contribution >= 0.6 is 0 Å². The molecule has 0 amide bonds. The Morgan fingerprint density at radius 1 is 1.64 bits per heavy atom. The van der Waals surface area contributed by atoms with Gasteiger partial charge in [0.05, 0.1) is 11.6 Å². The Balaban J connectivity index is 2.05. The highest BCUT2D eigenvalue weighted by atomic mass is 15.1. The van der Waals surface area contributed by atoms with Gasteiger partial charge < -0.3 is 10.6 Å². The van der Waals surface area contributed by atoms with Crippen LogP contribution in [0.2, 0.25) is 0 Å². The summed E-state index contributed by atoms with van der Waals surface area (Å²) in [4.78, 5) is 4.16. The van der Waals surface area contributed by atoms with Gasteiger partial charge in [-0.3, -0.25) is 0 Å². The summed E-state index contributed by atoms with van der Waals surface area (Å²) in [6.45, 7) is 2.02. The number of nitriles is 1. The van der Waals surface area contributed by atoms with Gasteiger partial charge in [0.1, 0.15) is 5.82 Å². The van der Waals surface area contributed by atoms with Crippen molar-refractivity contribution < 1.29 is 0 Å². The quantitative estimate of drug-likeness (QED) is 0.718. The largest absolute Gasteiger partial charge is 0.366 e. The number of rotatable bonds is 2. The van der Waals surface area contributed by atoms with Crippen molar-refractivity contribution in [1.29, 1.82) is 5.26 Å². The maximum atomic E-state index is 8.70. The molecular weight excluding hydrogens is 176 g/mol. The number of pyridine rings is 1. The van der Waals surface area contributed by atoms with Gasteiger partial charge in [-0.25, -0.2) is 4.98 Å². The van der Waals surface area contributed by atoms with Crippen LogP contribution in [0.15, 0.2) is 18.3 Å². The fourth-order valence-electron chi connectivity index (χ4n) is 1.57. The summed E-state index contributed by atoms with van der Waals surface area (Å²) >= 11 is 0. The minimum absolute atomic E-state index is 0.441. The average Bonchev–Trinajstić information content (AvgIpc) is 2.71. The predicted octanol–water partition coefficient (Wildman–Crippen LogP) is 0.727. The number of anilines is 1. The summed E-state index contributed by atoms with van der Waals surface area (Å²) in [5, 5.41) is 15.3. The van der Waals surface area contributed by atoms with E-state index < -0.39 is 0 Å². The Kier molecular flexibility index (Phi) is 2.61. The predicted molar refractivity (Wildman–Crippen MR) is 53.8 cm³/mol. The standard InChI is InChI=1S/C10H12N4/c11-6-8-1-4-13-10(5-8)14-9-2-3-12-7-9/h1,4-5,9,12H,2-3,7H2,(H,13,14)/t9-/m1/s1. The molecule has 1 aliphatic rings. The van der Waals surface area contributed by atoms with E-state index in [9.17, 15) is 0 Å². The first-order valence-corrected chi connectivity index (χ1v) is 4.72. The minimum Gasteiger partial charge on any atom is -0.366 e. The van der Waals surface area contributed by atoms with Crippen molar-refractivity contribution in [2.75, 3.05) is 18.4 Å². The first-order valence-electron chi connectivity index (χ1n) is 4.72. The van der Waals surface area contributed by atoms with Crippen molar-refractivity contribution in [1.82, 2.24) is 10.3 Å². The van der Waals surface area contributed by atoms with Crippen molar-refractivity contribution in [2.24, 2.45) is 0 Å². The molecule has 0 radical (unpaired) electrons. The van der Waals surface area contributed by atoms with Crippen LogP contribution in [0, 0.1) is 11.3 Å². The van der Waals surface area contributed by atoms with Crippen LogP contribution in [-0.4, -0.2) is 24.1 Å². The number of hydrogen-bond acceptors (Lipinski definition) is 4. The molecule has 0 aliphatic carbocycles. The monoisotopic (exact) mass is 188 g/mol. The first kappa shape index (κ1) is 8.97. The van der Waals surface area contributed by atoms with E-state index in [1.807, 2.05) is 0 Å². The number of aromatic nitrogens is 1. The van der Waals surface area contributed by atoms with Crippen LogP contribution in [0.3, 0.4) is 0 Å². The third-order valence-corrected chi connectivity index (χ3v) is 2.30. The van der Waals surface area contributed by atoms with Gasteiger partial charge in [-0.2, -0.15) is 5.26 Å². The molecule has 2 rings (SSSR count). The van der Waals surface area contributed by atoms with E-state index in [0.717, 1.165) is 25.3 Å². The lowest BCUT2D eigenvalue weighted by molar-refractivity contribution is 0.788. The Morgan fingerprint density at radius 3 is 3.29 bits per heavy atom. The van der Waals surface area contributed by atoms with Gasteiger partial charge in [0.25, 0.3) is 0 Å². The second-order valence-corrected chi connectivity index (χ2v) is 3.38. The zero-order chi connectivity index (χ0) is 9.80. The van der Waals surface area contributed by atoms with Crippen LogP contribution in [0.5, 0.6) is 0 Å². The molecule has 4 nitrogen and oxygen atoms in total. The summed E-state index contributed by atoms with van der Waals surface area (Å²) in [5.41, 5.74) is 0.647. The van der Waals surface area contributed by atoms with Crippen LogP contribution in [0.1, 0.15) is 12.0 Å². The first-order chi connectivity index (χ1) is 6.88. The smallest absolute Gasteiger partial charge is 0.127 e. The van der Waals surface area contributed by atoms with E-state index in [0.29, 0.717) is 11.6 Å². The van der Waals surface area contributed by atoms with Crippen LogP contribution in [-0.2, 0) is 0 Å². The van der Waals surface area contributed by atoms with Gasteiger partial charge in [0.2, 0.25) is 0 Å². The Morgan fingerprint density at radius 2 is 2.57 bits per heavy atom. The van der Waals surface area contributed by atoms with E-state index in [1.54, 1.807) is 18.3 Å². The Labute approximate surface area is 83.0 Å². The van der Waals surface area contributed by atoms with Crippen molar-refractivity contribution in [3.8, 4) is 6.07 Å². The summed E-state index contributed by atoms with van der Waals surface area (Å²) in [7, 11) is 0. The SMILES string of the molecule is N#Cc1ccnc(N[C@@H]2CCNC2)c1. The summed E-state index contributed by atoms with van der Waals surface area (Å²) < 4.78 is 0. The minimum atomic E-state index is 0.441. The highest BCUT2D eigenvalue weighted by Gasteiger charge is 2.13. The Bertz CT molecular complexity index is 349. The van der Waals surface area contributed by atoms with E-state index >= 15 is 0 Å². The molecule has 14 heavy (non-hydrogen) atoms. The molecule has 2 N–H and O–H groups in total. The van der Waals surface area contributed by atoms with E-state index in [1.165, 1.54) is 0 Å². The van der Waals surface area contributed by atoms with Gasteiger partial charge in [0.15, 0.2) is 0 Å². The second kappa shape index (κ2) is 4.07. The van der Waals surface area contributed by atoms with Gasteiger partial charge in [-0.05, 0) is 25.1 Å². The molecule has 1 saturated heterocycles. The van der Waals surface area contributed by atoms with Crippen molar-refractivity contribution in [3.63, 3.8) is 0 Å². The summed E-state index contributed by atoms with van der Waals surface area (Å²) in [6, 6.07) is 6.02. The molecule has 0 bridgehead atoms. The molecule has 0 spiro atoms. The zero-order valence-electron chi connectivity index (χ0n) is 7.83. The van der Waals surface area contributed by atoms with Crippen LogP contribution < -0.4 is 10.6 Å². The lowest BCUT2D eigenvalue weighted by Gasteiger charge is -2.11. The molecule has 0 aromatic carbocycles. The maximum Gasteiger partial charge on any atom is 0.127 e. The van der Waals surface area contributed by atoms with Gasteiger partial charge in [0, 0.05) is 18.8 Å². The molecule has 4 heteroatoms. The lowest BCUT2D eigenvalue weighted by Crippen LogP contribution is -2.22. The third kappa shape index (κ3) is 2.01. The fourth-order valence-corrected chi connectivity index (χ4v) is 1.57. The molecular formula is C10H12N4. The topological polar surface area (TPSA) is 60.7 Å². The maximum absolute atomic E-state index is 8.70. The molecule has 1 aliphatic heterocycles. The normalized spacial score (nSPS) is 20.4. The van der Waals surface area contributed by atoms with Crippen molar-refractivity contribution in [2.45, 2.75) is 12.5 Å². The van der Waals surface area contributed by atoms with Crippen LogP contribution in [0.25, 0.3) is 0 Å². The fraction of sp³-hybridized carbons (Fsp3) is 0.400. The van der Waals surface area contributed by atoms with Crippen molar-refractivity contribution >= 4 is 5.82 Å². The summed E-state index contributed by atoms with van der Waals surface area (Å²) in [6.07, 6.45) is 2.77. The molecule has 72 valence electrons. The molecule has 1 fully saturated rings. The molecule has 0 saturated carbocycles. The van der Waals surface area contributed by atoms with E-state index in [-0.39, 0.29) is 0 Å². The van der Waals surface area contributed by atoms with E-state index in [4.69, 9.17) is 5.26 Å². The van der Waals surface area contributed by atoms with Gasteiger partial charge in [-0.1, -0.05) is 0 Å². The average molecular weight is 188 g/mol. The van der Waals surface area contributed by atoms with Gasteiger partial charge >= 0.3 is 0 Å². The highest BCUT2D eigenvalue weighted by Crippen LogP contribution is 2.09. The Hall–Kier alpha value is -1.60. The third-order valence-electron chi connectivity index (χ3n) is 2.30. The number of nitrogens with one attached hydrogen (secondary N) is 2. The number of nitrogens with zero attached hydrogens (tertiary/aromatic N) is 2. The molecule has 1 aromatic heterocycles. The molecule has 1 aromatic rings. The lowest BCUT2D eigenvalue weighted by atomic mass is 10.2. The second-order valence-electron chi connectivity index (χ2n) is 3.38. The molecule has 2 heterocycles. The van der Waals surface area contributed by atoms with E-state index in [2.05, 4.69) is 21.7 Å². The highest BCUT2D eigenvalue weighted by molar-refractivity contribution is 5.43. The van der Waals surface area contributed by atoms with Gasteiger partial charge in [-0.15, -0.1) is 0 Å². The summed E-state index contributed by atoms with van der Waals surface area (Å²) in [5.74, 6) is 0.790. The van der Waals surface area contributed by atoms with Crippen LogP contribution in [0.4, 0.5) is 5.82 Å². The molecule has 1 atom stereocenters. The zero-order valence-corrected chi connectivity index (χ0v) is 7.83. The molecule has 0 unspecified atom stereocenters. The van der Waals surface area contributed by atoms with Crippen molar-refractivity contribution in [3.05, 3.63) is 23.9 Å². The number of hydrogen-bond donors (Lipinski definition) is 2.